The summed E-state index contributed by atoms with van der Waals surface area (Å²) in [5.74, 6) is 1.57. The molecule has 0 aliphatic heterocycles. The van der Waals surface area contributed by atoms with Gasteiger partial charge in [-0.25, -0.2) is 9.97 Å². The Morgan fingerprint density at radius 2 is 0.962 bits per heavy atom. The third-order valence-corrected chi connectivity index (χ3v) is 12.7. The van der Waals surface area contributed by atoms with Gasteiger partial charge in [0, 0.05) is 28.0 Å². The maximum Gasteiger partial charge on any atom is 0.162 e. The highest BCUT2D eigenvalue weighted by atomic mass is 15.1. The van der Waals surface area contributed by atoms with Crippen molar-refractivity contribution in [3.63, 3.8) is 0 Å². The van der Waals surface area contributed by atoms with E-state index in [0.717, 1.165) is 45.1 Å². The van der Waals surface area contributed by atoms with Crippen LogP contribution < -0.4 is 0 Å². The van der Waals surface area contributed by atoms with Gasteiger partial charge in [0.05, 0.1) is 16.7 Å². The van der Waals surface area contributed by atoms with Gasteiger partial charge in [-0.2, -0.15) is 0 Å². The van der Waals surface area contributed by atoms with Crippen LogP contribution in [0.25, 0.3) is 72.5 Å². The summed E-state index contributed by atoms with van der Waals surface area (Å²) in [6, 6.07) is 54.4. The predicted molar refractivity (Wildman–Crippen MR) is 218 cm³/mol. The number of para-hydroxylation sites is 1. The summed E-state index contributed by atoms with van der Waals surface area (Å²) in [4.78, 5) is 10.9. The van der Waals surface area contributed by atoms with E-state index in [1.54, 1.807) is 0 Å². The van der Waals surface area contributed by atoms with E-state index >= 15 is 0 Å². The van der Waals surface area contributed by atoms with Gasteiger partial charge < -0.3 is 0 Å². The zero-order chi connectivity index (χ0) is 35.8. The van der Waals surface area contributed by atoms with Crippen LogP contribution in [-0.2, 0) is 10.8 Å². The molecule has 2 aromatic heterocycles. The summed E-state index contributed by atoms with van der Waals surface area (Å²) in [7, 11) is 0. The third-order valence-electron chi connectivity index (χ3n) is 12.7. The monoisotopic (exact) mass is 673 g/mol. The molecule has 254 valence electrons. The summed E-state index contributed by atoms with van der Waals surface area (Å²) < 4.78 is 2.32. The summed E-state index contributed by atoms with van der Waals surface area (Å²) >= 11 is 0. The molecule has 0 saturated heterocycles. The summed E-state index contributed by atoms with van der Waals surface area (Å²) in [5.41, 5.74) is 12.7. The number of hydrogen-bond donors (Lipinski definition) is 0. The molecule has 8 aromatic rings. The second-order valence-corrected chi connectivity index (χ2v) is 15.9. The van der Waals surface area contributed by atoms with Crippen molar-refractivity contribution in [3.8, 4) is 50.7 Å². The van der Waals surface area contributed by atoms with Crippen molar-refractivity contribution >= 4 is 21.8 Å². The maximum atomic E-state index is 5.54. The van der Waals surface area contributed by atoms with Crippen molar-refractivity contribution in [2.24, 2.45) is 5.41 Å². The minimum atomic E-state index is -0.0705. The molecule has 0 unspecified atom stereocenters. The molecule has 1 aliphatic rings. The van der Waals surface area contributed by atoms with Crippen LogP contribution >= 0.6 is 0 Å². The Morgan fingerprint density at radius 1 is 0.423 bits per heavy atom. The highest BCUT2D eigenvalue weighted by Gasteiger charge is 2.57. The zero-order valence-electron chi connectivity index (χ0n) is 30.8. The molecule has 3 nitrogen and oxygen atoms in total. The van der Waals surface area contributed by atoms with Crippen LogP contribution in [0, 0.1) is 5.41 Å². The van der Waals surface area contributed by atoms with Crippen molar-refractivity contribution in [3.05, 3.63) is 163 Å². The van der Waals surface area contributed by atoms with Crippen molar-refractivity contribution in [2.45, 2.75) is 52.4 Å². The fourth-order valence-electron chi connectivity index (χ4n) is 8.59. The minimum absolute atomic E-state index is 0.0222. The molecule has 0 fully saturated rings. The fraction of sp³-hybridized carbons (Fsp3) is 0.184. The first-order chi connectivity index (χ1) is 25.1. The molecular weight excluding hydrogens is 631 g/mol. The number of benzene rings is 6. The molecule has 0 N–H and O–H groups in total. The number of hydrogen-bond acceptors (Lipinski definition) is 2. The Balaban J connectivity index is 1.35. The number of fused-ring (bicyclic) bond motifs is 4. The van der Waals surface area contributed by atoms with Gasteiger partial charge in [0.1, 0.15) is 5.82 Å². The number of rotatable bonds is 5. The average molecular weight is 674 g/mol. The van der Waals surface area contributed by atoms with Crippen LogP contribution in [0.5, 0.6) is 0 Å². The van der Waals surface area contributed by atoms with E-state index in [1.165, 1.54) is 38.6 Å². The molecule has 0 atom stereocenters. The van der Waals surface area contributed by atoms with Gasteiger partial charge in [-0.3, -0.25) is 4.57 Å². The molecule has 0 spiro atoms. The summed E-state index contributed by atoms with van der Waals surface area (Å²) in [5, 5.41) is 2.40. The van der Waals surface area contributed by atoms with Crippen molar-refractivity contribution in [1.29, 1.82) is 0 Å². The van der Waals surface area contributed by atoms with Gasteiger partial charge in [-0.15, -0.1) is 0 Å². The van der Waals surface area contributed by atoms with Crippen molar-refractivity contribution < 1.29 is 0 Å². The Bertz CT molecular complexity index is 2630. The Kier molecular flexibility index (Phi) is 7.18. The molecular formula is C49H43N3. The minimum Gasteiger partial charge on any atom is -0.294 e. The second kappa shape index (κ2) is 11.6. The smallest absolute Gasteiger partial charge is 0.162 e. The molecule has 1 aliphatic carbocycles. The Labute approximate surface area is 306 Å². The van der Waals surface area contributed by atoms with E-state index in [9.17, 15) is 0 Å². The number of aromatic nitrogens is 3. The number of nitrogens with zero attached hydrogens (tertiary/aromatic N) is 3. The predicted octanol–water partition coefficient (Wildman–Crippen LogP) is 12.8. The van der Waals surface area contributed by atoms with E-state index in [4.69, 9.17) is 9.97 Å². The van der Waals surface area contributed by atoms with E-state index in [0.29, 0.717) is 0 Å². The Morgan fingerprint density at radius 3 is 1.62 bits per heavy atom. The lowest BCUT2D eigenvalue weighted by atomic mass is 9.59. The molecule has 0 bridgehead atoms. The maximum absolute atomic E-state index is 5.54. The topological polar surface area (TPSA) is 30.7 Å². The van der Waals surface area contributed by atoms with Crippen LogP contribution in [0.2, 0.25) is 0 Å². The van der Waals surface area contributed by atoms with Crippen molar-refractivity contribution in [2.75, 3.05) is 0 Å². The lowest BCUT2D eigenvalue weighted by Gasteiger charge is -2.44. The Hall–Kier alpha value is -5.80. The molecule has 6 aromatic carbocycles. The molecule has 0 radical (unpaired) electrons. The van der Waals surface area contributed by atoms with Crippen LogP contribution in [0.15, 0.2) is 152 Å². The van der Waals surface area contributed by atoms with Crippen LogP contribution in [0.4, 0.5) is 0 Å². The average Bonchev–Trinajstić information content (AvgIpc) is 3.56. The van der Waals surface area contributed by atoms with Gasteiger partial charge in [0.2, 0.25) is 0 Å². The molecule has 0 saturated carbocycles. The van der Waals surface area contributed by atoms with Gasteiger partial charge in [0.25, 0.3) is 0 Å². The summed E-state index contributed by atoms with van der Waals surface area (Å²) in [6.45, 7) is 14.5. The normalized spacial score (nSPS) is 15.6. The van der Waals surface area contributed by atoms with Gasteiger partial charge in [-0.05, 0) is 80.0 Å². The molecule has 52 heavy (non-hydrogen) atoms. The third kappa shape index (κ3) is 4.72. The highest BCUT2D eigenvalue weighted by Crippen LogP contribution is 2.62. The largest absolute Gasteiger partial charge is 0.294 e. The lowest BCUT2D eigenvalue weighted by Crippen LogP contribution is -2.42. The standard InChI is InChI=1S/C49H43N3/c1-47(2)40-29-37(33-20-12-8-13-21-33)39(30-41(40)48(3,4)49(47,5)6)46-50-42(34-22-14-9-15-23-34)31-45(51-46)52-43-25-17-16-24-36(43)38-28-35(26-27-44(38)52)32-18-10-7-11-19-32/h7-31H,1-6H3. The molecule has 0 amide bonds. The highest BCUT2D eigenvalue weighted by molar-refractivity contribution is 6.10. The quantitative estimate of drug-likeness (QED) is 0.182. The van der Waals surface area contributed by atoms with Crippen LogP contribution in [-0.4, -0.2) is 14.5 Å². The first-order valence-corrected chi connectivity index (χ1v) is 18.3. The van der Waals surface area contributed by atoms with Gasteiger partial charge in [-0.1, -0.05) is 157 Å². The van der Waals surface area contributed by atoms with E-state index in [-0.39, 0.29) is 16.2 Å². The molecule has 9 rings (SSSR count). The first kappa shape index (κ1) is 32.1. The summed E-state index contributed by atoms with van der Waals surface area (Å²) in [6.07, 6.45) is 0. The van der Waals surface area contributed by atoms with Crippen LogP contribution in [0.1, 0.15) is 52.7 Å². The molecule has 2 heterocycles. The van der Waals surface area contributed by atoms with E-state index in [2.05, 4.69) is 198 Å². The lowest BCUT2D eigenvalue weighted by molar-refractivity contribution is 0.125. The van der Waals surface area contributed by atoms with Crippen LogP contribution in [0.3, 0.4) is 0 Å². The zero-order valence-corrected chi connectivity index (χ0v) is 30.8. The van der Waals surface area contributed by atoms with Gasteiger partial charge >= 0.3 is 0 Å². The second-order valence-electron chi connectivity index (χ2n) is 15.9. The fourth-order valence-corrected chi connectivity index (χ4v) is 8.59. The van der Waals surface area contributed by atoms with Gasteiger partial charge in [0.15, 0.2) is 5.82 Å². The molecule has 3 heteroatoms. The SMILES string of the molecule is CC1(C)c2cc(-c3ccccc3)c(-c3nc(-c4ccccc4)cc(-n4c5ccccc5c5cc(-c6ccccc6)ccc54)n3)cc2C(C)(C)C1(C)C. The van der Waals surface area contributed by atoms with E-state index in [1.807, 2.05) is 0 Å². The van der Waals surface area contributed by atoms with Crippen molar-refractivity contribution in [1.82, 2.24) is 14.5 Å². The first-order valence-electron chi connectivity index (χ1n) is 18.3. The van der Waals surface area contributed by atoms with E-state index < -0.39 is 0 Å².